The molecule has 4 aromatic rings. The minimum absolute atomic E-state index is 0.0233. The van der Waals surface area contributed by atoms with Crippen LogP contribution in [0.5, 0.6) is 0 Å². The summed E-state index contributed by atoms with van der Waals surface area (Å²) in [5.41, 5.74) is 3.18. The van der Waals surface area contributed by atoms with Crippen molar-refractivity contribution in [3.8, 4) is 11.3 Å². The molecule has 1 saturated heterocycles. The summed E-state index contributed by atoms with van der Waals surface area (Å²) in [4.78, 5) is 32.2. The summed E-state index contributed by atoms with van der Waals surface area (Å²) in [6.07, 6.45) is 0. The Bertz CT molecular complexity index is 1370. The third-order valence-electron chi connectivity index (χ3n) is 6.61. The Labute approximate surface area is 227 Å². The molecule has 7 nitrogen and oxygen atoms in total. The highest BCUT2D eigenvalue weighted by atomic mass is 35.5. The summed E-state index contributed by atoms with van der Waals surface area (Å²) < 4.78 is 0. The zero-order chi connectivity index (χ0) is 26.3. The zero-order valence-electron chi connectivity index (χ0n) is 20.9. The van der Waals surface area contributed by atoms with Crippen LogP contribution in [0.15, 0.2) is 97.1 Å². The fraction of sp³-hybridized carbons (Fsp3) is 0.200. The van der Waals surface area contributed by atoms with Crippen LogP contribution in [0.1, 0.15) is 15.9 Å². The highest BCUT2D eigenvalue weighted by molar-refractivity contribution is 6.33. The highest BCUT2D eigenvalue weighted by Gasteiger charge is 2.27. The molecule has 1 aliphatic heterocycles. The average molecular weight is 526 g/mol. The fourth-order valence-electron chi connectivity index (χ4n) is 4.51. The van der Waals surface area contributed by atoms with E-state index in [1.165, 1.54) is 0 Å². The molecular formula is C30H28ClN5O2. The van der Waals surface area contributed by atoms with E-state index in [2.05, 4.69) is 15.1 Å². The summed E-state index contributed by atoms with van der Waals surface area (Å²) in [5, 5.41) is 9.17. The highest BCUT2D eigenvalue weighted by Crippen LogP contribution is 2.21. The van der Waals surface area contributed by atoms with Gasteiger partial charge in [0.25, 0.3) is 5.91 Å². The number of hydrogen-bond acceptors (Lipinski definition) is 5. The molecule has 0 radical (unpaired) electrons. The molecule has 0 unspecified atom stereocenters. The lowest BCUT2D eigenvalue weighted by atomic mass is 10.1. The van der Waals surface area contributed by atoms with E-state index in [0.29, 0.717) is 43.3 Å². The van der Waals surface area contributed by atoms with E-state index in [-0.39, 0.29) is 18.4 Å². The lowest BCUT2D eigenvalue weighted by Crippen LogP contribution is -2.52. The van der Waals surface area contributed by atoms with Crippen molar-refractivity contribution in [1.29, 1.82) is 0 Å². The van der Waals surface area contributed by atoms with Crippen LogP contribution in [-0.4, -0.2) is 64.5 Å². The fourth-order valence-corrected chi connectivity index (χ4v) is 4.73. The Morgan fingerprint density at radius 1 is 0.763 bits per heavy atom. The molecule has 0 aliphatic carbocycles. The number of carbonyl (C=O) groups is 2. The van der Waals surface area contributed by atoms with Gasteiger partial charge in [-0.05, 0) is 29.8 Å². The van der Waals surface area contributed by atoms with Gasteiger partial charge in [0.1, 0.15) is 6.54 Å². The van der Waals surface area contributed by atoms with Gasteiger partial charge in [0, 0.05) is 38.3 Å². The lowest BCUT2D eigenvalue weighted by Gasteiger charge is -2.36. The van der Waals surface area contributed by atoms with Crippen LogP contribution in [0.2, 0.25) is 5.02 Å². The first-order valence-electron chi connectivity index (χ1n) is 12.6. The molecule has 1 aromatic heterocycles. The minimum atomic E-state index is -0.264. The molecule has 5 rings (SSSR count). The Kier molecular flexibility index (Phi) is 7.95. The van der Waals surface area contributed by atoms with Gasteiger partial charge in [-0.2, -0.15) is 0 Å². The van der Waals surface area contributed by atoms with Gasteiger partial charge in [-0.3, -0.25) is 9.59 Å². The molecule has 2 heterocycles. The number of hydrogen-bond donors (Lipinski definition) is 0. The van der Waals surface area contributed by atoms with Gasteiger partial charge in [0.15, 0.2) is 5.82 Å². The Morgan fingerprint density at radius 3 is 2.08 bits per heavy atom. The van der Waals surface area contributed by atoms with E-state index in [0.717, 1.165) is 22.6 Å². The molecule has 38 heavy (non-hydrogen) atoms. The van der Waals surface area contributed by atoms with Crippen LogP contribution >= 0.6 is 11.6 Å². The molecule has 0 bridgehead atoms. The second-order valence-electron chi connectivity index (χ2n) is 9.14. The number of piperazine rings is 1. The summed E-state index contributed by atoms with van der Waals surface area (Å²) in [7, 11) is 0. The van der Waals surface area contributed by atoms with Crippen molar-refractivity contribution >= 4 is 29.2 Å². The summed E-state index contributed by atoms with van der Waals surface area (Å²) in [6.45, 7) is 2.66. The molecule has 0 N–H and O–H groups in total. The largest absolute Gasteiger partial charge is 0.352 e. The van der Waals surface area contributed by atoms with Gasteiger partial charge in [-0.15, -0.1) is 10.2 Å². The summed E-state index contributed by atoms with van der Waals surface area (Å²) in [5.74, 6) is 0.433. The van der Waals surface area contributed by atoms with E-state index < -0.39 is 0 Å². The molecule has 1 fully saturated rings. The van der Waals surface area contributed by atoms with E-state index in [1.54, 1.807) is 34.1 Å². The summed E-state index contributed by atoms with van der Waals surface area (Å²) >= 11 is 6.31. The first-order chi connectivity index (χ1) is 18.6. The SMILES string of the molecule is O=C(CN(Cc1ccccc1)C(=O)c1ccccc1Cl)N1CCN(c2ccc(-c3ccccc3)nn2)CC1. The van der Waals surface area contributed by atoms with Crippen molar-refractivity contribution in [2.75, 3.05) is 37.6 Å². The lowest BCUT2D eigenvalue weighted by molar-refractivity contribution is -0.132. The molecule has 192 valence electrons. The van der Waals surface area contributed by atoms with Gasteiger partial charge in [0.2, 0.25) is 5.91 Å². The van der Waals surface area contributed by atoms with Gasteiger partial charge >= 0.3 is 0 Å². The van der Waals surface area contributed by atoms with Gasteiger partial charge < -0.3 is 14.7 Å². The van der Waals surface area contributed by atoms with Crippen molar-refractivity contribution in [2.45, 2.75) is 6.54 Å². The van der Waals surface area contributed by atoms with Gasteiger partial charge in [-0.25, -0.2) is 0 Å². The zero-order valence-corrected chi connectivity index (χ0v) is 21.7. The molecule has 1 aliphatic rings. The van der Waals surface area contributed by atoms with Crippen LogP contribution < -0.4 is 4.90 Å². The third kappa shape index (κ3) is 6.01. The van der Waals surface area contributed by atoms with Crippen molar-refractivity contribution < 1.29 is 9.59 Å². The number of halogens is 1. The maximum Gasteiger partial charge on any atom is 0.256 e. The normalized spacial score (nSPS) is 13.3. The topological polar surface area (TPSA) is 69.6 Å². The number of rotatable bonds is 7. The van der Waals surface area contributed by atoms with E-state index in [9.17, 15) is 9.59 Å². The van der Waals surface area contributed by atoms with Crippen molar-refractivity contribution in [3.63, 3.8) is 0 Å². The molecule has 8 heteroatoms. The first kappa shape index (κ1) is 25.4. The van der Waals surface area contributed by atoms with Crippen LogP contribution in [0.4, 0.5) is 5.82 Å². The van der Waals surface area contributed by atoms with Crippen LogP contribution in [-0.2, 0) is 11.3 Å². The minimum Gasteiger partial charge on any atom is -0.352 e. The second kappa shape index (κ2) is 11.9. The quantitative estimate of drug-likeness (QED) is 0.347. The van der Waals surface area contributed by atoms with E-state index in [1.807, 2.05) is 72.8 Å². The third-order valence-corrected chi connectivity index (χ3v) is 6.94. The molecule has 0 spiro atoms. The number of anilines is 1. The second-order valence-corrected chi connectivity index (χ2v) is 9.54. The maximum atomic E-state index is 13.4. The maximum absolute atomic E-state index is 13.4. The predicted octanol–water partition coefficient (Wildman–Crippen LogP) is 4.79. The number of carbonyl (C=O) groups excluding carboxylic acids is 2. The van der Waals surface area contributed by atoms with Crippen LogP contribution in [0.25, 0.3) is 11.3 Å². The van der Waals surface area contributed by atoms with Crippen LogP contribution in [0.3, 0.4) is 0 Å². The first-order valence-corrected chi connectivity index (χ1v) is 13.0. The van der Waals surface area contributed by atoms with E-state index >= 15 is 0 Å². The molecule has 3 aromatic carbocycles. The van der Waals surface area contributed by atoms with Crippen molar-refractivity contribution in [1.82, 2.24) is 20.0 Å². The van der Waals surface area contributed by atoms with Crippen LogP contribution in [0, 0.1) is 0 Å². The number of aromatic nitrogens is 2. The smallest absolute Gasteiger partial charge is 0.256 e. The molecule has 0 saturated carbocycles. The van der Waals surface area contributed by atoms with Gasteiger partial charge in [-0.1, -0.05) is 84.4 Å². The average Bonchev–Trinajstić information content (AvgIpc) is 2.98. The monoisotopic (exact) mass is 525 g/mol. The number of benzene rings is 3. The van der Waals surface area contributed by atoms with E-state index in [4.69, 9.17) is 11.6 Å². The summed E-state index contributed by atoms with van der Waals surface area (Å²) in [6, 6.07) is 30.5. The standard InChI is InChI=1S/C30H28ClN5O2/c31-26-14-8-7-13-25(26)30(38)36(21-23-9-3-1-4-10-23)22-29(37)35-19-17-34(18-20-35)28-16-15-27(32-33-28)24-11-5-2-6-12-24/h1-16H,17-22H2. The number of nitrogens with zero attached hydrogens (tertiary/aromatic N) is 5. The molecular weight excluding hydrogens is 498 g/mol. The predicted molar refractivity (Wildman–Crippen MR) is 149 cm³/mol. The Balaban J connectivity index is 1.23. The Morgan fingerprint density at radius 2 is 1.42 bits per heavy atom. The Hall–Kier alpha value is -4.23. The van der Waals surface area contributed by atoms with Crippen molar-refractivity contribution in [3.05, 3.63) is 113 Å². The molecule has 2 amide bonds. The number of amides is 2. The molecule has 0 atom stereocenters. The van der Waals surface area contributed by atoms with Gasteiger partial charge in [0.05, 0.1) is 16.3 Å². The van der Waals surface area contributed by atoms with Crippen molar-refractivity contribution in [2.24, 2.45) is 0 Å².